The van der Waals surface area contributed by atoms with E-state index in [-0.39, 0.29) is 16.2 Å². The number of hydrogen-bond acceptors (Lipinski definition) is 2. The average molecular weight is 481 g/mol. The molecule has 0 N–H and O–H groups in total. The molecule has 196 valence electrons. The lowest BCUT2D eigenvalue weighted by atomic mass is 9.32. The maximum atomic E-state index is 13.2. The molecule has 0 saturated heterocycles. The highest BCUT2D eigenvalue weighted by Gasteiger charge is 2.71. The van der Waals surface area contributed by atoms with Crippen molar-refractivity contribution in [3.05, 3.63) is 24.5 Å². The quantitative estimate of drug-likeness (QED) is 0.297. The van der Waals surface area contributed by atoms with Gasteiger partial charge in [0.25, 0.3) is 0 Å². The number of allylic oxidation sites excluding steroid dienone is 2. The molecule has 5 saturated carbocycles. The van der Waals surface area contributed by atoms with Gasteiger partial charge in [0.15, 0.2) is 0 Å². The van der Waals surface area contributed by atoms with Crippen LogP contribution in [-0.2, 0) is 9.53 Å². The third kappa shape index (κ3) is 2.98. The Hall–Kier alpha value is -1.05. The molecule has 0 amide bonds. The molecule has 0 bridgehead atoms. The van der Waals surface area contributed by atoms with Crippen molar-refractivity contribution in [2.45, 2.75) is 112 Å². The molecule has 4 unspecified atom stereocenters. The van der Waals surface area contributed by atoms with Gasteiger partial charge < -0.3 is 4.74 Å². The second-order valence-electron chi connectivity index (χ2n) is 14.7. The summed E-state index contributed by atoms with van der Waals surface area (Å²) < 4.78 is 5.94. The van der Waals surface area contributed by atoms with Crippen molar-refractivity contribution in [2.24, 2.45) is 56.7 Å². The van der Waals surface area contributed by atoms with Gasteiger partial charge in [0.1, 0.15) is 5.78 Å². The van der Waals surface area contributed by atoms with Crippen molar-refractivity contribution in [2.75, 3.05) is 7.11 Å². The van der Waals surface area contributed by atoms with Gasteiger partial charge >= 0.3 is 0 Å². The zero-order valence-corrected chi connectivity index (χ0v) is 23.9. The summed E-state index contributed by atoms with van der Waals surface area (Å²) in [5, 5.41) is 0. The van der Waals surface area contributed by atoms with Gasteiger partial charge in [0.2, 0.25) is 0 Å². The van der Waals surface area contributed by atoms with Crippen molar-refractivity contribution in [1.82, 2.24) is 0 Å². The van der Waals surface area contributed by atoms with E-state index in [1.54, 1.807) is 0 Å². The second kappa shape index (κ2) is 7.97. The largest absolute Gasteiger partial charge is 0.501 e. The monoisotopic (exact) mass is 480 g/mol. The van der Waals surface area contributed by atoms with Crippen molar-refractivity contribution < 1.29 is 9.53 Å². The van der Waals surface area contributed by atoms with E-state index in [2.05, 4.69) is 54.7 Å². The normalized spacial score (nSPS) is 53.1. The molecular weight excluding hydrogens is 428 g/mol. The maximum absolute atomic E-state index is 13.2. The Labute approximate surface area is 215 Å². The number of ether oxygens (including phenoxy) is 1. The average Bonchev–Trinajstić information content (AvgIpc) is 3.23. The number of rotatable bonds is 4. The Bertz CT molecular complexity index is 933. The van der Waals surface area contributed by atoms with Crippen LogP contribution in [0.3, 0.4) is 0 Å². The van der Waals surface area contributed by atoms with Crippen LogP contribution in [0.1, 0.15) is 112 Å². The summed E-state index contributed by atoms with van der Waals surface area (Å²) in [7, 11) is 1.84. The van der Waals surface area contributed by atoms with Gasteiger partial charge in [0, 0.05) is 17.3 Å². The molecule has 5 aliphatic rings. The predicted octanol–water partition coefficient (Wildman–Crippen LogP) is 8.76. The number of carbonyl (C=O) groups excluding carboxylic acids is 1. The SMILES string of the molecule is C=C(C)C1CC[C@]2(C(=C)OC)CC[C@]3(C)C(CCC4[C@@]5(C)CCC(=O)[C@@](C)(CC)[C@@H]5CC[C@]43C)C12. The summed E-state index contributed by atoms with van der Waals surface area (Å²) in [4.78, 5) is 13.2. The number of ketones is 1. The molecule has 5 aliphatic carbocycles. The van der Waals surface area contributed by atoms with Crippen LogP contribution < -0.4 is 0 Å². The van der Waals surface area contributed by atoms with Crippen LogP contribution >= 0.6 is 0 Å². The fourth-order valence-corrected chi connectivity index (χ4v) is 11.9. The molecule has 0 spiro atoms. The predicted molar refractivity (Wildman–Crippen MR) is 145 cm³/mol. The lowest BCUT2D eigenvalue weighted by Crippen LogP contribution is -2.66. The summed E-state index contributed by atoms with van der Waals surface area (Å²) in [6, 6.07) is 0. The molecule has 2 heteroatoms. The first-order chi connectivity index (χ1) is 16.4. The highest BCUT2D eigenvalue weighted by Crippen LogP contribution is 2.78. The number of carbonyl (C=O) groups is 1. The fraction of sp³-hybridized carbons (Fsp3) is 0.848. The van der Waals surface area contributed by atoms with Crippen molar-refractivity contribution in [3.63, 3.8) is 0 Å². The molecule has 35 heavy (non-hydrogen) atoms. The van der Waals surface area contributed by atoms with E-state index < -0.39 is 0 Å². The first-order valence-corrected chi connectivity index (χ1v) is 14.8. The van der Waals surface area contributed by atoms with Crippen LogP contribution in [0.5, 0.6) is 0 Å². The van der Waals surface area contributed by atoms with Gasteiger partial charge in [-0.15, -0.1) is 0 Å². The van der Waals surface area contributed by atoms with Gasteiger partial charge in [-0.3, -0.25) is 4.79 Å². The minimum absolute atomic E-state index is 0.124. The van der Waals surface area contributed by atoms with Gasteiger partial charge in [-0.2, -0.15) is 0 Å². The standard InChI is InChI=1S/C33H52O2/c1-10-29(5)25-14-17-32(8)26(30(25,6)16-15-27(29)34)12-11-24-28-23(21(2)3)13-18-33(28,22(4)35-9)20-19-31(24,32)7/h23-26,28H,2,4,10-20H2,1,3,5-9H3/t23?,24?,25-,26?,28?,29-,30-,31+,32+,33+/m0/s1. The van der Waals surface area contributed by atoms with Crippen LogP contribution in [0.25, 0.3) is 0 Å². The lowest BCUT2D eigenvalue weighted by Gasteiger charge is -2.72. The minimum atomic E-state index is -0.124. The summed E-state index contributed by atoms with van der Waals surface area (Å²) in [5.74, 6) is 4.76. The number of Topliss-reactive ketones (excluding diaryl/α,β-unsaturated/α-hetero) is 1. The van der Waals surface area contributed by atoms with Crippen molar-refractivity contribution >= 4 is 5.78 Å². The van der Waals surface area contributed by atoms with Crippen LogP contribution in [0.15, 0.2) is 24.5 Å². The molecule has 10 atom stereocenters. The third-order valence-corrected chi connectivity index (χ3v) is 14.2. The number of fused-ring (bicyclic) bond motifs is 7. The first-order valence-electron chi connectivity index (χ1n) is 14.8. The van der Waals surface area contributed by atoms with E-state index in [1.807, 2.05) is 7.11 Å². The Balaban J connectivity index is 1.57. The van der Waals surface area contributed by atoms with E-state index in [0.717, 1.165) is 30.9 Å². The molecule has 5 rings (SSSR count). The second-order valence-corrected chi connectivity index (χ2v) is 14.7. The summed E-state index contributed by atoms with van der Waals surface area (Å²) in [6.07, 6.45) is 13.0. The highest BCUT2D eigenvalue weighted by molar-refractivity contribution is 5.86. The molecule has 0 aromatic heterocycles. The topological polar surface area (TPSA) is 26.3 Å². The molecule has 0 heterocycles. The zero-order chi connectivity index (χ0) is 25.6. The Morgan fingerprint density at radius 2 is 1.63 bits per heavy atom. The van der Waals surface area contributed by atoms with Gasteiger partial charge in [-0.05, 0) is 117 Å². The molecule has 0 aliphatic heterocycles. The van der Waals surface area contributed by atoms with Crippen LogP contribution in [0.2, 0.25) is 0 Å². The van der Waals surface area contributed by atoms with Crippen molar-refractivity contribution in [1.29, 1.82) is 0 Å². The maximum Gasteiger partial charge on any atom is 0.139 e. The zero-order valence-electron chi connectivity index (χ0n) is 23.9. The first kappa shape index (κ1) is 25.6. The summed E-state index contributed by atoms with van der Waals surface area (Å²) >= 11 is 0. The van der Waals surface area contributed by atoms with Gasteiger partial charge in [-0.25, -0.2) is 0 Å². The molecule has 0 aromatic carbocycles. The highest BCUT2D eigenvalue weighted by atomic mass is 16.5. The summed E-state index contributed by atoms with van der Waals surface area (Å²) in [6.45, 7) is 23.8. The number of hydrogen-bond donors (Lipinski definition) is 0. The van der Waals surface area contributed by atoms with E-state index in [9.17, 15) is 4.79 Å². The van der Waals surface area contributed by atoms with E-state index >= 15 is 0 Å². The van der Waals surface area contributed by atoms with Crippen molar-refractivity contribution in [3.8, 4) is 0 Å². The van der Waals surface area contributed by atoms with Gasteiger partial charge in [0.05, 0.1) is 12.9 Å². The third-order valence-electron chi connectivity index (χ3n) is 14.2. The Morgan fingerprint density at radius 3 is 2.26 bits per heavy atom. The van der Waals surface area contributed by atoms with Crippen LogP contribution in [-0.4, -0.2) is 12.9 Å². The fourth-order valence-electron chi connectivity index (χ4n) is 11.9. The van der Waals surface area contributed by atoms with Gasteiger partial charge in [-0.1, -0.05) is 53.3 Å². The smallest absolute Gasteiger partial charge is 0.139 e. The number of methoxy groups -OCH3 is 1. The minimum Gasteiger partial charge on any atom is -0.501 e. The Morgan fingerprint density at radius 1 is 0.914 bits per heavy atom. The molecule has 0 aromatic rings. The van der Waals surface area contributed by atoms with E-state index in [1.165, 1.54) is 56.9 Å². The van der Waals surface area contributed by atoms with E-state index in [0.29, 0.717) is 40.3 Å². The molecular formula is C33H52O2. The van der Waals surface area contributed by atoms with Crippen LogP contribution in [0, 0.1) is 56.7 Å². The molecule has 0 radical (unpaired) electrons. The molecule has 5 fully saturated rings. The molecule has 2 nitrogen and oxygen atoms in total. The Kier molecular flexibility index (Phi) is 5.83. The lowest BCUT2D eigenvalue weighted by molar-refractivity contribution is -0.234. The van der Waals surface area contributed by atoms with E-state index in [4.69, 9.17) is 4.74 Å². The summed E-state index contributed by atoms with van der Waals surface area (Å²) in [5.41, 5.74) is 2.32. The van der Waals surface area contributed by atoms with Crippen LogP contribution in [0.4, 0.5) is 0 Å².